The van der Waals surface area contributed by atoms with Gasteiger partial charge in [0.1, 0.15) is 0 Å². The summed E-state index contributed by atoms with van der Waals surface area (Å²) < 4.78 is 0. The number of hydrogen-bond acceptors (Lipinski definition) is 2. The van der Waals surface area contributed by atoms with Gasteiger partial charge >= 0.3 is 0 Å². The molecule has 82 valence electrons. The van der Waals surface area contributed by atoms with Crippen LogP contribution in [0.1, 0.15) is 31.9 Å². The lowest BCUT2D eigenvalue weighted by Crippen LogP contribution is -2.22. The summed E-state index contributed by atoms with van der Waals surface area (Å²) >= 11 is 5.75. The van der Waals surface area contributed by atoms with Crippen LogP contribution in [0.5, 0.6) is 0 Å². The highest BCUT2D eigenvalue weighted by Gasteiger charge is 2.16. The quantitative estimate of drug-likeness (QED) is 0.856. The zero-order valence-electron chi connectivity index (χ0n) is 9.03. The molecule has 0 aliphatic heterocycles. The molecule has 3 heteroatoms. The van der Waals surface area contributed by atoms with E-state index in [0.29, 0.717) is 17.4 Å². The molecule has 0 radical (unpaired) electrons. The Bertz CT molecular complexity index is 332. The molecule has 0 aliphatic rings. The van der Waals surface area contributed by atoms with Gasteiger partial charge in [-0.3, -0.25) is 4.79 Å². The van der Waals surface area contributed by atoms with Gasteiger partial charge in [-0.15, -0.1) is 0 Å². The summed E-state index contributed by atoms with van der Waals surface area (Å²) in [5.41, 5.74) is 6.67. The van der Waals surface area contributed by atoms with Crippen LogP contribution in [0, 0.1) is 5.92 Å². The first-order valence-corrected chi connectivity index (χ1v) is 5.42. The smallest absolute Gasteiger partial charge is 0.154 e. The number of carbonyl (C=O) groups is 1. The van der Waals surface area contributed by atoms with Crippen molar-refractivity contribution in [2.24, 2.45) is 11.7 Å². The van der Waals surface area contributed by atoms with Crippen LogP contribution >= 0.6 is 11.6 Å². The molecule has 1 rings (SSSR count). The van der Waals surface area contributed by atoms with Crippen molar-refractivity contribution < 1.29 is 4.79 Å². The largest absolute Gasteiger partial charge is 0.318 e. The summed E-state index contributed by atoms with van der Waals surface area (Å²) in [6.07, 6.45) is 0.518. The Morgan fingerprint density at radius 1 is 1.33 bits per heavy atom. The summed E-state index contributed by atoms with van der Waals surface area (Å²) in [4.78, 5) is 11.7. The van der Waals surface area contributed by atoms with Gasteiger partial charge in [0.2, 0.25) is 0 Å². The minimum absolute atomic E-state index is 0.0762. The standard InChI is InChI=1S/C12H16ClNO/c1-8(2)7-11(15)12(14)9-3-5-10(13)6-4-9/h3-6,8,12H,7,14H2,1-2H3. The van der Waals surface area contributed by atoms with E-state index in [0.717, 1.165) is 5.56 Å². The van der Waals surface area contributed by atoms with Crippen molar-refractivity contribution in [2.75, 3.05) is 0 Å². The van der Waals surface area contributed by atoms with Gasteiger partial charge in [0.05, 0.1) is 6.04 Å². The Hall–Kier alpha value is -0.860. The molecule has 0 aliphatic carbocycles. The summed E-state index contributed by atoms with van der Waals surface area (Å²) in [6.45, 7) is 4.01. The Balaban J connectivity index is 2.71. The lowest BCUT2D eigenvalue weighted by atomic mass is 9.97. The number of carbonyl (C=O) groups excluding carboxylic acids is 1. The third-order valence-corrected chi connectivity index (χ3v) is 2.44. The van der Waals surface area contributed by atoms with E-state index < -0.39 is 6.04 Å². The predicted octanol–water partition coefficient (Wildman–Crippen LogP) is 2.96. The van der Waals surface area contributed by atoms with Crippen LogP contribution in [0.2, 0.25) is 5.02 Å². The molecule has 2 N–H and O–H groups in total. The second kappa shape index (κ2) is 5.29. The number of hydrogen-bond donors (Lipinski definition) is 1. The Morgan fingerprint density at radius 3 is 2.33 bits per heavy atom. The van der Waals surface area contributed by atoms with Crippen LogP contribution in [-0.4, -0.2) is 5.78 Å². The molecule has 0 bridgehead atoms. The molecule has 0 amide bonds. The number of nitrogens with two attached hydrogens (primary N) is 1. The SMILES string of the molecule is CC(C)CC(=O)C(N)c1ccc(Cl)cc1. The number of halogens is 1. The highest BCUT2D eigenvalue weighted by atomic mass is 35.5. The molecule has 15 heavy (non-hydrogen) atoms. The molecule has 2 nitrogen and oxygen atoms in total. The van der Waals surface area contributed by atoms with Gasteiger partial charge in [-0.05, 0) is 23.6 Å². The molecule has 0 spiro atoms. The fourth-order valence-corrected chi connectivity index (χ4v) is 1.51. The maximum absolute atomic E-state index is 11.7. The summed E-state index contributed by atoms with van der Waals surface area (Å²) in [5, 5.41) is 0.655. The summed E-state index contributed by atoms with van der Waals surface area (Å²) in [5.74, 6) is 0.420. The van der Waals surface area contributed by atoms with Crippen LogP contribution in [0.3, 0.4) is 0 Å². The lowest BCUT2D eigenvalue weighted by molar-refractivity contribution is -0.121. The van der Waals surface area contributed by atoms with Crippen molar-refractivity contribution in [3.8, 4) is 0 Å². The van der Waals surface area contributed by atoms with Crippen molar-refractivity contribution >= 4 is 17.4 Å². The normalized spacial score (nSPS) is 12.9. The first-order chi connectivity index (χ1) is 7.00. The highest BCUT2D eigenvalue weighted by molar-refractivity contribution is 6.30. The maximum Gasteiger partial charge on any atom is 0.154 e. The second-order valence-electron chi connectivity index (χ2n) is 4.09. The summed E-state index contributed by atoms with van der Waals surface area (Å²) in [7, 11) is 0. The van der Waals surface area contributed by atoms with Gasteiger partial charge in [0.15, 0.2) is 5.78 Å². The molecule has 1 atom stereocenters. The van der Waals surface area contributed by atoms with E-state index >= 15 is 0 Å². The van der Waals surface area contributed by atoms with E-state index in [1.807, 2.05) is 13.8 Å². The Kier molecular flexibility index (Phi) is 4.30. The van der Waals surface area contributed by atoms with Crippen molar-refractivity contribution in [3.63, 3.8) is 0 Å². The second-order valence-corrected chi connectivity index (χ2v) is 4.53. The third-order valence-electron chi connectivity index (χ3n) is 2.19. The molecular weight excluding hydrogens is 210 g/mol. The zero-order valence-corrected chi connectivity index (χ0v) is 9.79. The van der Waals surface area contributed by atoms with Crippen LogP contribution < -0.4 is 5.73 Å². The molecule has 0 saturated heterocycles. The first-order valence-electron chi connectivity index (χ1n) is 5.04. The van der Waals surface area contributed by atoms with Crippen LogP contribution in [0.4, 0.5) is 0 Å². The van der Waals surface area contributed by atoms with Crippen LogP contribution in [0.25, 0.3) is 0 Å². The van der Waals surface area contributed by atoms with Crippen molar-refractivity contribution in [1.82, 2.24) is 0 Å². The topological polar surface area (TPSA) is 43.1 Å². The fraction of sp³-hybridized carbons (Fsp3) is 0.417. The molecule has 1 aromatic carbocycles. The minimum atomic E-state index is -0.523. The fourth-order valence-electron chi connectivity index (χ4n) is 1.39. The van der Waals surface area contributed by atoms with E-state index in [-0.39, 0.29) is 5.78 Å². The Labute approximate surface area is 95.4 Å². The minimum Gasteiger partial charge on any atom is -0.318 e. The van der Waals surface area contributed by atoms with Crippen molar-refractivity contribution in [3.05, 3.63) is 34.9 Å². The van der Waals surface area contributed by atoms with E-state index in [4.69, 9.17) is 17.3 Å². The molecule has 0 fully saturated rings. The lowest BCUT2D eigenvalue weighted by Gasteiger charge is -2.12. The molecule has 1 unspecified atom stereocenters. The van der Waals surface area contributed by atoms with Gasteiger partial charge in [0.25, 0.3) is 0 Å². The maximum atomic E-state index is 11.7. The van der Waals surface area contributed by atoms with Gasteiger partial charge in [-0.2, -0.15) is 0 Å². The zero-order chi connectivity index (χ0) is 11.4. The molecule has 1 aromatic rings. The van der Waals surface area contributed by atoms with E-state index in [1.165, 1.54) is 0 Å². The van der Waals surface area contributed by atoms with Crippen molar-refractivity contribution in [2.45, 2.75) is 26.3 Å². The van der Waals surface area contributed by atoms with E-state index in [1.54, 1.807) is 24.3 Å². The average Bonchev–Trinajstić information content (AvgIpc) is 2.17. The number of rotatable bonds is 4. The van der Waals surface area contributed by atoms with Gasteiger partial charge < -0.3 is 5.73 Å². The Morgan fingerprint density at radius 2 is 1.87 bits per heavy atom. The van der Waals surface area contributed by atoms with E-state index in [2.05, 4.69) is 0 Å². The molecular formula is C12H16ClNO. The average molecular weight is 226 g/mol. The highest BCUT2D eigenvalue weighted by Crippen LogP contribution is 2.17. The molecule has 0 heterocycles. The van der Waals surface area contributed by atoms with Gasteiger partial charge in [0, 0.05) is 11.4 Å². The summed E-state index contributed by atoms with van der Waals surface area (Å²) in [6, 6.07) is 6.57. The monoisotopic (exact) mass is 225 g/mol. The first kappa shape index (κ1) is 12.2. The van der Waals surface area contributed by atoms with Crippen LogP contribution in [0.15, 0.2) is 24.3 Å². The number of ketones is 1. The van der Waals surface area contributed by atoms with Gasteiger partial charge in [-0.25, -0.2) is 0 Å². The van der Waals surface area contributed by atoms with Gasteiger partial charge in [-0.1, -0.05) is 37.6 Å². The predicted molar refractivity (Wildman–Crippen MR) is 62.8 cm³/mol. The van der Waals surface area contributed by atoms with Crippen LogP contribution in [-0.2, 0) is 4.79 Å². The number of benzene rings is 1. The van der Waals surface area contributed by atoms with Crippen molar-refractivity contribution in [1.29, 1.82) is 0 Å². The molecule has 0 aromatic heterocycles. The third kappa shape index (κ3) is 3.65. The van der Waals surface area contributed by atoms with E-state index in [9.17, 15) is 4.79 Å². The molecule has 0 saturated carbocycles. The number of Topliss-reactive ketones (excluding diaryl/α,β-unsaturated/α-hetero) is 1.